The quantitative estimate of drug-likeness (QED) is 0.400. The van der Waals surface area contributed by atoms with Gasteiger partial charge in [0.1, 0.15) is 35.5 Å². The molecule has 3 N–H and O–H groups in total. The van der Waals surface area contributed by atoms with E-state index >= 15 is 0 Å². The van der Waals surface area contributed by atoms with E-state index in [2.05, 4.69) is 20.8 Å². The Labute approximate surface area is 217 Å². The highest BCUT2D eigenvalue weighted by Crippen LogP contribution is 2.33. The SMILES string of the molecule is C[C@@H](N(NC(=O)OC(C)(C)C)C(=O)Nc1ccc(Cl)cc1)[C@](O)(Cn1cncn1)c1ccc(F)cc1F. The summed E-state index contributed by atoms with van der Waals surface area (Å²) in [4.78, 5) is 29.9. The highest BCUT2D eigenvalue weighted by atomic mass is 35.5. The lowest BCUT2D eigenvalue weighted by molar-refractivity contribution is -0.0634. The average Bonchev–Trinajstić information content (AvgIpc) is 3.30. The second-order valence-corrected chi connectivity index (χ2v) is 9.67. The van der Waals surface area contributed by atoms with E-state index in [4.69, 9.17) is 16.3 Å². The van der Waals surface area contributed by atoms with E-state index < -0.39 is 47.5 Å². The predicted molar refractivity (Wildman–Crippen MR) is 131 cm³/mol. The zero-order chi connectivity index (χ0) is 27.4. The fourth-order valence-corrected chi connectivity index (χ4v) is 3.62. The minimum atomic E-state index is -2.24. The lowest BCUT2D eigenvalue weighted by atomic mass is 9.86. The molecule has 3 aromatic rings. The first-order chi connectivity index (χ1) is 17.3. The van der Waals surface area contributed by atoms with Gasteiger partial charge in [-0.05, 0) is 58.0 Å². The van der Waals surface area contributed by atoms with Gasteiger partial charge in [0.05, 0.1) is 12.6 Å². The van der Waals surface area contributed by atoms with Crippen molar-refractivity contribution in [3.63, 3.8) is 0 Å². The second-order valence-electron chi connectivity index (χ2n) is 9.24. The van der Waals surface area contributed by atoms with Crippen LogP contribution in [0.5, 0.6) is 0 Å². The van der Waals surface area contributed by atoms with Crippen LogP contribution in [0, 0.1) is 11.6 Å². The van der Waals surface area contributed by atoms with Gasteiger partial charge < -0.3 is 15.2 Å². The monoisotopic (exact) mass is 536 g/mol. The van der Waals surface area contributed by atoms with Crippen LogP contribution in [0.4, 0.5) is 24.1 Å². The topological polar surface area (TPSA) is 122 Å². The molecule has 2 atom stereocenters. The molecule has 0 radical (unpaired) electrons. The maximum absolute atomic E-state index is 15.0. The summed E-state index contributed by atoms with van der Waals surface area (Å²) >= 11 is 5.91. The fraction of sp³-hybridized carbons (Fsp3) is 0.333. The lowest BCUT2D eigenvalue weighted by Gasteiger charge is -2.41. The molecule has 2 aromatic carbocycles. The van der Waals surface area contributed by atoms with E-state index in [0.29, 0.717) is 16.8 Å². The number of ether oxygens (including phenoxy) is 1. The number of urea groups is 1. The Hall–Kier alpha value is -3.77. The van der Waals surface area contributed by atoms with Crippen molar-refractivity contribution >= 4 is 29.4 Å². The molecular weight excluding hydrogens is 510 g/mol. The van der Waals surface area contributed by atoms with Gasteiger partial charge in [-0.25, -0.2) is 38.5 Å². The van der Waals surface area contributed by atoms with Crippen LogP contribution in [0.2, 0.25) is 5.02 Å². The van der Waals surface area contributed by atoms with Gasteiger partial charge in [0.15, 0.2) is 0 Å². The first-order valence-corrected chi connectivity index (χ1v) is 11.5. The number of rotatable bonds is 6. The molecule has 0 saturated carbocycles. The molecule has 37 heavy (non-hydrogen) atoms. The molecule has 3 amide bonds. The number of carbonyl (C=O) groups excluding carboxylic acids is 2. The molecule has 1 aromatic heterocycles. The number of amides is 3. The van der Waals surface area contributed by atoms with Crippen LogP contribution in [-0.2, 0) is 16.9 Å². The summed E-state index contributed by atoms with van der Waals surface area (Å²) < 4.78 is 35.2. The summed E-state index contributed by atoms with van der Waals surface area (Å²) in [6.45, 7) is 5.85. The smallest absolute Gasteiger partial charge is 0.426 e. The van der Waals surface area contributed by atoms with Crippen LogP contribution in [0.15, 0.2) is 55.1 Å². The Morgan fingerprint density at radius 1 is 1.19 bits per heavy atom. The first-order valence-electron chi connectivity index (χ1n) is 11.1. The summed E-state index contributed by atoms with van der Waals surface area (Å²) in [6.07, 6.45) is 1.47. The molecular formula is C24H27ClF2N6O4. The van der Waals surface area contributed by atoms with Crippen LogP contribution in [0.1, 0.15) is 33.3 Å². The van der Waals surface area contributed by atoms with Crippen molar-refractivity contribution in [3.05, 3.63) is 77.3 Å². The number of aliphatic hydroxyl groups is 1. The van der Waals surface area contributed by atoms with Gasteiger partial charge in [-0.15, -0.1) is 0 Å². The van der Waals surface area contributed by atoms with Gasteiger partial charge in [-0.3, -0.25) is 0 Å². The van der Waals surface area contributed by atoms with Gasteiger partial charge >= 0.3 is 12.1 Å². The summed E-state index contributed by atoms with van der Waals surface area (Å²) in [5.41, 5.74) is -0.843. The Morgan fingerprint density at radius 2 is 1.86 bits per heavy atom. The maximum Gasteiger partial charge on any atom is 0.426 e. The van der Waals surface area contributed by atoms with E-state index in [1.165, 1.54) is 36.4 Å². The molecule has 13 heteroatoms. The molecule has 198 valence electrons. The van der Waals surface area contributed by atoms with Crippen molar-refractivity contribution in [2.75, 3.05) is 5.32 Å². The molecule has 0 aliphatic rings. The molecule has 0 unspecified atom stereocenters. The number of aromatic nitrogens is 3. The number of hydrazine groups is 1. The van der Waals surface area contributed by atoms with Gasteiger partial charge in [0.25, 0.3) is 0 Å². The number of anilines is 1. The van der Waals surface area contributed by atoms with Crippen LogP contribution in [0.25, 0.3) is 0 Å². The molecule has 0 bridgehead atoms. The molecule has 10 nitrogen and oxygen atoms in total. The summed E-state index contributed by atoms with van der Waals surface area (Å²) in [6, 6.07) is 6.51. The van der Waals surface area contributed by atoms with Crippen molar-refractivity contribution in [3.8, 4) is 0 Å². The van der Waals surface area contributed by atoms with E-state index in [1.807, 2.05) is 0 Å². The fourth-order valence-electron chi connectivity index (χ4n) is 3.50. The van der Waals surface area contributed by atoms with Crippen LogP contribution in [0.3, 0.4) is 0 Å². The normalized spacial score (nSPS) is 13.8. The number of halogens is 3. The minimum Gasteiger partial charge on any atom is -0.443 e. The molecule has 0 aliphatic heterocycles. The third-order valence-corrected chi connectivity index (χ3v) is 5.52. The van der Waals surface area contributed by atoms with E-state index in [9.17, 15) is 23.5 Å². The number of benzene rings is 2. The number of hydrogen-bond acceptors (Lipinski definition) is 6. The predicted octanol–water partition coefficient (Wildman–Crippen LogP) is 4.46. The summed E-state index contributed by atoms with van der Waals surface area (Å²) in [7, 11) is 0. The third kappa shape index (κ3) is 7.14. The second kappa shape index (κ2) is 11.1. The Morgan fingerprint density at radius 3 is 2.43 bits per heavy atom. The largest absolute Gasteiger partial charge is 0.443 e. The Bertz CT molecular complexity index is 1240. The highest BCUT2D eigenvalue weighted by molar-refractivity contribution is 6.30. The van der Waals surface area contributed by atoms with Gasteiger partial charge in [-0.2, -0.15) is 5.10 Å². The van der Waals surface area contributed by atoms with Crippen molar-refractivity contribution in [2.45, 2.75) is 51.5 Å². The third-order valence-electron chi connectivity index (χ3n) is 5.27. The van der Waals surface area contributed by atoms with Crippen molar-refractivity contribution < 1.29 is 28.2 Å². The van der Waals surface area contributed by atoms with Gasteiger partial charge in [-0.1, -0.05) is 17.7 Å². The number of hydrogen-bond donors (Lipinski definition) is 3. The van der Waals surface area contributed by atoms with Crippen molar-refractivity contribution in [2.24, 2.45) is 0 Å². The molecule has 3 rings (SSSR count). The van der Waals surface area contributed by atoms with Crippen LogP contribution < -0.4 is 10.7 Å². The average molecular weight is 537 g/mol. The number of nitrogens with one attached hydrogen (secondary N) is 2. The lowest BCUT2D eigenvalue weighted by Crippen LogP contribution is -2.61. The number of nitrogens with zero attached hydrogens (tertiary/aromatic N) is 4. The standard InChI is InChI=1S/C24H27ClF2N6O4/c1-15(24(36,12-32-14-28-13-29-32)19-10-7-17(26)11-20(19)27)33(31-22(35)37-23(2,3)4)21(34)30-18-8-5-16(25)6-9-18/h5-11,13-15,36H,12H2,1-4H3,(H,30,34)(H,31,35)/t15-,24-/m1/s1. The minimum absolute atomic E-state index is 0.324. The molecule has 0 aliphatic carbocycles. The maximum atomic E-state index is 15.0. The Balaban J connectivity index is 2.04. The Kier molecular flexibility index (Phi) is 8.34. The zero-order valence-electron chi connectivity index (χ0n) is 20.6. The molecule has 0 saturated heterocycles. The van der Waals surface area contributed by atoms with Crippen LogP contribution >= 0.6 is 11.6 Å². The van der Waals surface area contributed by atoms with Crippen molar-refractivity contribution in [1.29, 1.82) is 0 Å². The van der Waals surface area contributed by atoms with E-state index in [-0.39, 0.29) is 5.56 Å². The van der Waals surface area contributed by atoms with Gasteiger partial charge in [0, 0.05) is 22.3 Å². The van der Waals surface area contributed by atoms with E-state index in [1.54, 1.807) is 32.9 Å². The van der Waals surface area contributed by atoms with Crippen LogP contribution in [-0.4, -0.2) is 48.6 Å². The summed E-state index contributed by atoms with van der Waals surface area (Å²) in [5, 5.41) is 19.6. The molecule has 0 fully saturated rings. The molecule has 1 heterocycles. The molecule has 0 spiro atoms. The highest BCUT2D eigenvalue weighted by Gasteiger charge is 2.45. The first kappa shape index (κ1) is 27.8. The zero-order valence-corrected chi connectivity index (χ0v) is 21.3. The number of carbonyl (C=O) groups is 2. The van der Waals surface area contributed by atoms with Gasteiger partial charge in [0.2, 0.25) is 0 Å². The van der Waals surface area contributed by atoms with Crippen molar-refractivity contribution in [1.82, 2.24) is 25.2 Å². The summed E-state index contributed by atoms with van der Waals surface area (Å²) in [5.74, 6) is -1.92. The van der Waals surface area contributed by atoms with E-state index in [0.717, 1.165) is 17.1 Å².